The summed E-state index contributed by atoms with van der Waals surface area (Å²) in [6.07, 6.45) is 3.44. The van der Waals surface area contributed by atoms with Gasteiger partial charge >= 0.3 is 0 Å². The molecule has 0 saturated carbocycles. The van der Waals surface area contributed by atoms with E-state index in [9.17, 15) is 9.18 Å². The van der Waals surface area contributed by atoms with Gasteiger partial charge < -0.3 is 0 Å². The number of aromatic nitrogens is 1. The third-order valence-corrected chi connectivity index (χ3v) is 2.76. The summed E-state index contributed by atoms with van der Waals surface area (Å²) in [4.78, 5) is 17.8. The Morgan fingerprint density at radius 2 is 2.00 bits per heavy atom. The van der Waals surface area contributed by atoms with Gasteiger partial charge in [0.25, 0.3) is 0 Å². The molecule has 1 heterocycles. The highest BCUT2D eigenvalue weighted by atomic mass is 19.1. The number of hydrogen-bond acceptors (Lipinski definition) is 3. The number of carbonyl (C=O) groups is 1. The Kier molecular flexibility index (Phi) is 4.36. The summed E-state index contributed by atoms with van der Waals surface area (Å²) in [6.45, 7) is 0.912. The molecule has 0 radical (unpaired) electrons. The summed E-state index contributed by atoms with van der Waals surface area (Å²) in [5, 5.41) is 0. The lowest BCUT2D eigenvalue weighted by atomic mass is 10.1. The Morgan fingerprint density at radius 1 is 1.26 bits per heavy atom. The van der Waals surface area contributed by atoms with Crippen molar-refractivity contribution in [3.8, 4) is 0 Å². The van der Waals surface area contributed by atoms with E-state index in [1.54, 1.807) is 24.5 Å². The van der Waals surface area contributed by atoms with Crippen LogP contribution in [-0.2, 0) is 6.54 Å². The summed E-state index contributed by atoms with van der Waals surface area (Å²) in [5.41, 5.74) is 1.49. The first-order valence-corrected chi connectivity index (χ1v) is 6.01. The second kappa shape index (κ2) is 6.20. The van der Waals surface area contributed by atoms with Crippen molar-refractivity contribution in [1.29, 1.82) is 0 Å². The normalized spacial score (nSPS) is 10.7. The molecule has 0 bridgehead atoms. The minimum atomic E-state index is -0.386. The molecule has 0 aliphatic rings. The zero-order valence-corrected chi connectivity index (χ0v) is 10.7. The van der Waals surface area contributed by atoms with Crippen LogP contribution in [0.3, 0.4) is 0 Å². The van der Waals surface area contributed by atoms with Crippen LogP contribution in [0.25, 0.3) is 0 Å². The van der Waals surface area contributed by atoms with Crippen LogP contribution >= 0.6 is 0 Å². The zero-order chi connectivity index (χ0) is 13.7. The van der Waals surface area contributed by atoms with Crippen LogP contribution in [0.2, 0.25) is 0 Å². The van der Waals surface area contributed by atoms with Gasteiger partial charge in [0.05, 0.1) is 6.54 Å². The Bertz CT molecular complexity index is 557. The number of benzene rings is 1. The number of likely N-dealkylation sites (N-methyl/N-ethyl adjacent to an activating group) is 1. The molecule has 1 aromatic carbocycles. The summed E-state index contributed by atoms with van der Waals surface area (Å²) >= 11 is 0. The fourth-order valence-electron chi connectivity index (χ4n) is 1.85. The van der Waals surface area contributed by atoms with Crippen molar-refractivity contribution in [3.63, 3.8) is 0 Å². The third-order valence-electron chi connectivity index (χ3n) is 2.76. The van der Waals surface area contributed by atoms with Gasteiger partial charge in [-0.25, -0.2) is 4.39 Å². The van der Waals surface area contributed by atoms with Gasteiger partial charge in [0.1, 0.15) is 5.82 Å². The Balaban J connectivity index is 1.95. The van der Waals surface area contributed by atoms with E-state index in [1.807, 2.05) is 24.1 Å². The van der Waals surface area contributed by atoms with Crippen molar-refractivity contribution in [2.75, 3.05) is 13.6 Å². The van der Waals surface area contributed by atoms with Crippen molar-refractivity contribution in [3.05, 3.63) is 65.7 Å². The minimum absolute atomic E-state index is 0.0870. The van der Waals surface area contributed by atoms with Crippen LogP contribution in [0.1, 0.15) is 15.9 Å². The monoisotopic (exact) mass is 258 g/mol. The number of Topliss-reactive ketones (excluding diaryl/α,β-unsaturated/α-hetero) is 1. The third kappa shape index (κ3) is 3.96. The van der Waals surface area contributed by atoms with E-state index in [0.717, 1.165) is 5.56 Å². The first kappa shape index (κ1) is 13.4. The molecular weight excluding hydrogens is 243 g/mol. The van der Waals surface area contributed by atoms with Crippen LogP contribution in [0.5, 0.6) is 0 Å². The molecule has 0 unspecified atom stereocenters. The second-order valence-corrected chi connectivity index (χ2v) is 4.46. The molecule has 0 aliphatic heterocycles. The average molecular weight is 258 g/mol. The van der Waals surface area contributed by atoms with Gasteiger partial charge in [-0.15, -0.1) is 0 Å². The zero-order valence-electron chi connectivity index (χ0n) is 10.7. The smallest absolute Gasteiger partial charge is 0.176 e. The van der Waals surface area contributed by atoms with Crippen molar-refractivity contribution in [2.24, 2.45) is 0 Å². The van der Waals surface area contributed by atoms with Gasteiger partial charge in [-0.2, -0.15) is 0 Å². The Morgan fingerprint density at radius 3 is 2.68 bits per heavy atom. The van der Waals surface area contributed by atoms with E-state index in [2.05, 4.69) is 4.98 Å². The maximum atomic E-state index is 13.0. The van der Waals surface area contributed by atoms with Gasteiger partial charge in [-0.1, -0.05) is 12.1 Å². The van der Waals surface area contributed by atoms with E-state index >= 15 is 0 Å². The molecule has 0 spiro atoms. The fraction of sp³-hybridized carbons (Fsp3) is 0.200. The lowest BCUT2D eigenvalue weighted by Gasteiger charge is -2.15. The van der Waals surface area contributed by atoms with E-state index < -0.39 is 0 Å². The molecule has 2 aromatic rings. The van der Waals surface area contributed by atoms with Gasteiger partial charge in [-0.3, -0.25) is 14.7 Å². The highest BCUT2D eigenvalue weighted by Gasteiger charge is 2.10. The van der Waals surface area contributed by atoms with Gasteiger partial charge in [-0.05, 0) is 36.9 Å². The van der Waals surface area contributed by atoms with Gasteiger partial charge in [0.2, 0.25) is 0 Å². The number of carbonyl (C=O) groups excluding carboxylic acids is 1. The molecule has 0 saturated heterocycles. The molecule has 0 fully saturated rings. The van der Waals surface area contributed by atoms with Crippen LogP contribution in [0.15, 0.2) is 48.8 Å². The van der Waals surface area contributed by atoms with Crippen LogP contribution < -0.4 is 0 Å². The molecule has 0 aliphatic carbocycles. The SMILES string of the molecule is CN(CC(=O)c1cccc(F)c1)Cc1ccncc1. The molecule has 2 rings (SSSR count). The van der Waals surface area contributed by atoms with Crippen LogP contribution in [0.4, 0.5) is 4.39 Å². The highest BCUT2D eigenvalue weighted by Crippen LogP contribution is 2.07. The average Bonchev–Trinajstić information content (AvgIpc) is 2.39. The van der Waals surface area contributed by atoms with E-state index in [4.69, 9.17) is 0 Å². The number of ketones is 1. The summed E-state index contributed by atoms with van der Waals surface area (Å²) in [5.74, 6) is -0.473. The van der Waals surface area contributed by atoms with E-state index in [-0.39, 0.29) is 18.1 Å². The van der Waals surface area contributed by atoms with E-state index in [0.29, 0.717) is 12.1 Å². The lowest BCUT2D eigenvalue weighted by Crippen LogP contribution is -2.25. The number of rotatable bonds is 5. The van der Waals surface area contributed by atoms with Crippen LogP contribution in [0, 0.1) is 5.82 Å². The number of halogens is 1. The van der Waals surface area contributed by atoms with Crippen LogP contribution in [-0.4, -0.2) is 29.3 Å². The maximum Gasteiger partial charge on any atom is 0.176 e. The topological polar surface area (TPSA) is 33.2 Å². The Hall–Kier alpha value is -2.07. The lowest BCUT2D eigenvalue weighted by molar-refractivity contribution is 0.0942. The molecule has 4 heteroatoms. The predicted molar refractivity (Wildman–Crippen MR) is 71.3 cm³/mol. The quantitative estimate of drug-likeness (QED) is 0.773. The van der Waals surface area contributed by atoms with Gasteiger partial charge in [0.15, 0.2) is 5.78 Å². The highest BCUT2D eigenvalue weighted by molar-refractivity contribution is 5.97. The van der Waals surface area contributed by atoms with Crippen molar-refractivity contribution >= 4 is 5.78 Å². The molecule has 19 heavy (non-hydrogen) atoms. The van der Waals surface area contributed by atoms with E-state index in [1.165, 1.54) is 12.1 Å². The number of nitrogens with zero attached hydrogens (tertiary/aromatic N) is 2. The molecule has 98 valence electrons. The first-order valence-electron chi connectivity index (χ1n) is 6.01. The number of hydrogen-bond donors (Lipinski definition) is 0. The minimum Gasteiger partial charge on any atom is -0.295 e. The predicted octanol–water partition coefficient (Wildman–Crippen LogP) is 2.54. The summed E-state index contributed by atoms with van der Waals surface area (Å²) in [7, 11) is 1.86. The molecule has 3 nitrogen and oxygen atoms in total. The van der Waals surface area contributed by atoms with Crippen molar-refractivity contribution in [2.45, 2.75) is 6.54 Å². The molecule has 0 N–H and O–H groups in total. The standard InChI is InChI=1S/C15H15FN2O/c1-18(10-12-5-7-17-8-6-12)11-15(19)13-3-2-4-14(16)9-13/h2-9H,10-11H2,1H3. The first-order chi connectivity index (χ1) is 9.15. The summed E-state index contributed by atoms with van der Waals surface area (Å²) in [6, 6.07) is 9.59. The fourth-order valence-corrected chi connectivity index (χ4v) is 1.85. The van der Waals surface area contributed by atoms with Gasteiger partial charge in [0, 0.05) is 24.5 Å². The van der Waals surface area contributed by atoms with Crippen molar-refractivity contribution in [1.82, 2.24) is 9.88 Å². The Labute approximate surface area is 111 Å². The largest absolute Gasteiger partial charge is 0.295 e. The summed E-state index contributed by atoms with van der Waals surface area (Å²) < 4.78 is 13.0. The second-order valence-electron chi connectivity index (χ2n) is 4.46. The number of pyridine rings is 1. The molecule has 0 amide bonds. The molecular formula is C15H15FN2O. The van der Waals surface area contributed by atoms with Crippen molar-refractivity contribution < 1.29 is 9.18 Å². The maximum absolute atomic E-state index is 13.0. The molecule has 0 atom stereocenters. The molecule has 1 aromatic heterocycles.